The first kappa shape index (κ1) is 19.5. The van der Waals surface area contributed by atoms with E-state index in [2.05, 4.69) is 31.3 Å². The third kappa shape index (κ3) is 4.62. The smallest absolute Gasteiger partial charge is 0.223 e. The van der Waals surface area contributed by atoms with Crippen molar-refractivity contribution < 1.29 is 4.74 Å². The van der Waals surface area contributed by atoms with Crippen molar-refractivity contribution in [2.24, 2.45) is 5.84 Å². The van der Waals surface area contributed by atoms with Gasteiger partial charge in [-0.15, -0.1) is 0 Å². The third-order valence-corrected chi connectivity index (χ3v) is 3.50. The van der Waals surface area contributed by atoms with Crippen LogP contribution in [0.3, 0.4) is 0 Å². The maximum absolute atomic E-state index is 8.93. The molecule has 10 nitrogen and oxygen atoms in total. The molecule has 0 saturated carbocycles. The molecule has 2 heterocycles. The number of anilines is 3. The van der Waals surface area contributed by atoms with E-state index in [9.17, 15) is 0 Å². The Balaban J connectivity index is 2.45. The molecule has 0 bridgehead atoms. The molecule has 0 aliphatic carbocycles. The Labute approximate surface area is 156 Å². The number of rotatable bonds is 8. The molecule has 0 spiro atoms. The predicted molar refractivity (Wildman–Crippen MR) is 105 cm³/mol. The van der Waals surface area contributed by atoms with Crippen molar-refractivity contribution in [3.8, 4) is 17.7 Å². The van der Waals surface area contributed by atoms with E-state index in [1.807, 2.05) is 13.0 Å². The number of ether oxygens (including phenoxy) is 1. The van der Waals surface area contributed by atoms with E-state index in [1.54, 1.807) is 32.4 Å². The fraction of sp³-hybridized carbons (Fsp3) is 0.176. The molecule has 0 atom stereocenters. The quantitative estimate of drug-likeness (QED) is 0.233. The minimum absolute atomic E-state index is 0.282. The summed E-state index contributed by atoms with van der Waals surface area (Å²) in [5, 5.41) is 25.3. The second kappa shape index (κ2) is 9.02. The van der Waals surface area contributed by atoms with Crippen molar-refractivity contribution in [2.45, 2.75) is 6.92 Å². The van der Waals surface area contributed by atoms with Crippen molar-refractivity contribution in [2.75, 3.05) is 30.2 Å². The van der Waals surface area contributed by atoms with Crippen LogP contribution in [-0.4, -0.2) is 30.3 Å². The summed E-state index contributed by atoms with van der Waals surface area (Å²) >= 11 is 0. The molecule has 0 aliphatic heterocycles. The Hall–Kier alpha value is -3.84. The van der Waals surface area contributed by atoms with Crippen LogP contribution in [0.4, 0.5) is 17.2 Å². The van der Waals surface area contributed by atoms with Gasteiger partial charge in [-0.05, 0) is 18.6 Å². The topological polar surface area (TPSA) is 157 Å². The van der Waals surface area contributed by atoms with Crippen molar-refractivity contribution in [1.29, 1.82) is 10.7 Å². The Morgan fingerprint density at radius 3 is 2.70 bits per heavy atom. The zero-order chi connectivity index (χ0) is 19.8. The molecule has 2 aromatic rings. The van der Waals surface area contributed by atoms with Gasteiger partial charge in [-0.2, -0.15) is 10.2 Å². The van der Waals surface area contributed by atoms with Gasteiger partial charge in [0.15, 0.2) is 11.6 Å². The number of nitriles is 1. The molecule has 0 saturated heterocycles. The number of nitrogen functional groups attached to an aromatic ring is 1. The summed E-state index contributed by atoms with van der Waals surface area (Å²) in [4.78, 5) is 8.39. The molecular formula is C17H21N9O. The standard InChI is InChI=1S/C17H21N9O/c1-10-4-11(6-18)23-9-14(10)27-15-5-13(24-12(7-19)8-21-2)16(26-20)17(22-3)25-15/h4-5,7-9,19,21,26H,20H2,1-3H3,(H2,22,24,25)/b12-8+,19-7?. The zero-order valence-electron chi connectivity index (χ0n) is 15.2. The number of nitrogens with zero attached hydrogens (tertiary/aromatic N) is 3. The number of nitrogens with one attached hydrogen (secondary N) is 5. The molecule has 0 amide bonds. The van der Waals surface area contributed by atoms with Crippen LogP contribution in [0.25, 0.3) is 0 Å². The lowest BCUT2D eigenvalue weighted by atomic mass is 10.2. The van der Waals surface area contributed by atoms with Gasteiger partial charge in [0.1, 0.15) is 17.5 Å². The Bertz CT molecular complexity index is 902. The molecule has 0 fully saturated rings. The van der Waals surface area contributed by atoms with Crippen molar-refractivity contribution in [3.63, 3.8) is 0 Å². The lowest BCUT2D eigenvalue weighted by molar-refractivity contribution is 0.458. The van der Waals surface area contributed by atoms with E-state index in [0.717, 1.165) is 11.8 Å². The van der Waals surface area contributed by atoms with Gasteiger partial charge in [0, 0.05) is 32.6 Å². The Morgan fingerprint density at radius 1 is 1.37 bits per heavy atom. The number of pyridine rings is 2. The number of allylic oxidation sites excluding steroid dienone is 1. The second-order valence-electron chi connectivity index (χ2n) is 5.33. The van der Waals surface area contributed by atoms with Crippen LogP contribution in [-0.2, 0) is 0 Å². The number of hydrogen-bond acceptors (Lipinski definition) is 10. The molecule has 27 heavy (non-hydrogen) atoms. The van der Waals surface area contributed by atoms with Crippen LogP contribution in [0.5, 0.6) is 11.6 Å². The maximum Gasteiger partial charge on any atom is 0.223 e. The summed E-state index contributed by atoms with van der Waals surface area (Å²) in [5.41, 5.74) is 5.21. The molecule has 0 aliphatic rings. The average molecular weight is 367 g/mol. The van der Waals surface area contributed by atoms with Crippen molar-refractivity contribution >= 4 is 23.4 Å². The summed E-state index contributed by atoms with van der Waals surface area (Å²) in [7, 11) is 3.43. The summed E-state index contributed by atoms with van der Waals surface area (Å²) in [6, 6.07) is 5.25. The lowest BCUT2D eigenvalue weighted by Gasteiger charge is -2.17. The largest absolute Gasteiger partial charge is 0.437 e. The Morgan fingerprint density at radius 2 is 2.15 bits per heavy atom. The first-order chi connectivity index (χ1) is 13.1. The molecular weight excluding hydrogens is 346 g/mol. The molecule has 2 rings (SSSR count). The number of aryl methyl sites for hydroxylation is 1. The Kier molecular flexibility index (Phi) is 6.51. The van der Waals surface area contributed by atoms with E-state index in [-0.39, 0.29) is 5.88 Å². The summed E-state index contributed by atoms with van der Waals surface area (Å²) in [6.07, 6.45) is 4.26. The minimum atomic E-state index is 0.282. The first-order valence-electron chi connectivity index (χ1n) is 7.95. The predicted octanol–water partition coefficient (Wildman–Crippen LogP) is 1.90. The molecule has 2 aromatic heterocycles. The molecule has 7 N–H and O–H groups in total. The van der Waals surface area contributed by atoms with Crippen LogP contribution < -0.4 is 32.0 Å². The average Bonchev–Trinajstić information content (AvgIpc) is 2.68. The van der Waals surface area contributed by atoms with E-state index in [1.165, 1.54) is 6.20 Å². The molecule has 0 radical (unpaired) electrons. The SMILES string of the molecule is CN/C=C(\C=N)Nc1cc(Oc2cnc(C#N)cc2C)nc(NC)c1NN. The summed E-state index contributed by atoms with van der Waals surface area (Å²) in [5.74, 6) is 6.84. The van der Waals surface area contributed by atoms with Crippen LogP contribution in [0.2, 0.25) is 0 Å². The van der Waals surface area contributed by atoms with Crippen LogP contribution in [0, 0.1) is 23.7 Å². The van der Waals surface area contributed by atoms with E-state index >= 15 is 0 Å². The highest BCUT2D eigenvalue weighted by Gasteiger charge is 2.14. The number of aromatic nitrogens is 2. The van der Waals surface area contributed by atoms with Gasteiger partial charge < -0.3 is 31.5 Å². The molecule has 0 unspecified atom stereocenters. The van der Waals surface area contributed by atoms with Crippen LogP contribution in [0.15, 0.2) is 30.2 Å². The fourth-order valence-corrected chi connectivity index (χ4v) is 2.25. The number of hydrazine groups is 1. The van der Waals surface area contributed by atoms with Gasteiger partial charge in [-0.1, -0.05) is 0 Å². The van der Waals surface area contributed by atoms with Crippen LogP contribution >= 0.6 is 0 Å². The van der Waals surface area contributed by atoms with Crippen molar-refractivity contribution in [3.05, 3.63) is 41.5 Å². The van der Waals surface area contributed by atoms with Gasteiger partial charge in [-0.25, -0.2) is 4.98 Å². The number of hydrogen-bond donors (Lipinski definition) is 6. The van der Waals surface area contributed by atoms with Gasteiger partial charge in [0.25, 0.3) is 0 Å². The highest BCUT2D eigenvalue weighted by molar-refractivity contribution is 5.87. The normalized spacial score (nSPS) is 10.6. The van der Waals surface area contributed by atoms with Gasteiger partial charge in [0.05, 0.1) is 17.6 Å². The van der Waals surface area contributed by atoms with Crippen molar-refractivity contribution in [1.82, 2.24) is 15.3 Å². The van der Waals surface area contributed by atoms with Gasteiger partial charge >= 0.3 is 0 Å². The molecule has 140 valence electrons. The third-order valence-electron chi connectivity index (χ3n) is 3.50. The zero-order valence-corrected chi connectivity index (χ0v) is 15.2. The molecule has 10 heteroatoms. The second-order valence-corrected chi connectivity index (χ2v) is 5.33. The van der Waals surface area contributed by atoms with Gasteiger partial charge in [0.2, 0.25) is 5.88 Å². The molecule has 0 aromatic carbocycles. The van der Waals surface area contributed by atoms with Gasteiger partial charge in [-0.3, -0.25) is 5.84 Å². The monoisotopic (exact) mass is 367 g/mol. The number of nitrogens with two attached hydrogens (primary N) is 1. The fourth-order valence-electron chi connectivity index (χ4n) is 2.25. The van der Waals surface area contributed by atoms with E-state index in [0.29, 0.717) is 34.3 Å². The maximum atomic E-state index is 8.93. The van der Waals surface area contributed by atoms with E-state index in [4.69, 9.17) is 21.3 Å². The van der Waals surface area contributed by atoms with Crippen LogP contribution in [0.1, 0.15) is 11.3 Å². The highest BCUT2D eigenvalue weighted by Crippen LogP contribution is 2.34. The summed E-state index contributed by atoms with van der Waals surface area (Å²) < 4.78 is 5.84. The first-order valence-corrected chi connectivity index (χ1v) is 7.95. The lowest BCUT2D eigenvalue weighted by Crippen LogP contribution is -2.15. The minimum Gasteiger partial charge on any atom is -0.437 e. The van der Waals surface area contributed by atoms with E-state index < -0.39 is 0 Å². The highest BCUT2D eigenvalue weighted by atomic mass is 16.5. The summed E-state index contributed by atoms with van der Waals surface area (Å²) in [6.45, 7) is 1.81.